The van der Waals surface area contributed by atoms with Gasteiger partial charge in [-0.15, -0.1) is 0 Å². The molecule has 0 aliphatic heterocycles. The van der Waals surface area contributed by atoms with E-state index in [2.05, 4.69) is 5.32 Å². The van der Waals surface area contributed by atoms with Crippen LogP contribution in [0.3, 0.4) is 0 Å². The van der Waals surface area contributed by atoms with Crippen LogP contribution >= 0.6 is 0 Å². The van der Waals surface area contributed by atoms with Gasteiger partial charge in [-0.05, 0) is 36.8 Å². The summed E-state index contributed by atoms with van der Waals surface area (Å²) in [7, 11) is 6.24. The molecule has 0 bridgehead atoms. The van der Waals surface area contributed by atoms with Crippen LogP contribution in [0.2, 0.25) is 0 Å². The summed E-state index contributed by atoms with van der Waals surface area (Å²) in [4.78, 5) is 12.6. The molecule has 1 amide bonds. The molecule has 0 unspecified atom stereocenters. The molecule has 134 valence electrons. The van der Waals surface area contributed by atoms with Crippen LogP contribution in [0.15, 0.2) is 36.4 Å². The maximum Gasteiger partial charge on any atom is 0.255 e. The molecular formula is C19H23NO5. The highest BCUT2D eigenvalue weighted by atomic mass is 16.5. The van der Waals surface area contributed by atoms with E-state index in [1.54, 1.807) is 39.5 Å². The van der Waals surface area contributed by atoms with Gasteiger partial charge in [0.25, 0.3) is 5.91 Å². The number of ether oxygens (including phenoxy) is 4. The van der Waals surface area contributed by atoms with Crippen LogP contribution in [0.5, 0.6) is 23.0 Å². The average molecular weight is 345 g/mol. The van der Waals surface area contributed by atoms with Crippen LogP contribution in [-0.4, -0.2) is 34.3 Å². The third-order valence-corrected chi connectivity index (χ3v) is 3.91. The molecule has 0 radical (unpaired) electrons. The topological polar surface area (TPSA) is 66.0 Å². The van der Waals surface area contributed by atoms with Crippen molar-refractivity contribution in [3.8, 4) is 23.0 Å². The van der Waals surface area contributed by atoms with Gasteiger partial charge in [0, 0.05) is 6.07 Å². The van der Waals surface area contributed by atoms with Crippen LogP contribution in [0, 0.1) is 0 Å². The zero-order valence-electron chi connectivity index (χ0n) is 15.1. The first-order valence-electron chi connectivity index (χ1n) is 7.78. The summed E-state index contributed by atoms with van der Waals surface area (Å²) in [5.74, 6) is 2.10. The molecule has 25 heavy (non-hydrogen) atoms. The molecule has 0 heterocycles. The Balaban J connectivity index is 2.20. The van der Waals surface area contributed by atoms with Crippen LogP contribution in [0.4, 0.5) is 0 Å². The third-order valence-electron chi connectivity index (χ3n) is 3.91. The summed E-state index contributed by atoms with van der Waals surface area (Å²) in [6, 6.07) is 10.4. The van der Waals surface area contributed by atoms with Crippen molar-refractivity contribution in [3.63, 3.8) is 0 Å². The summed E-state index contributed by atoms with van der Waals surface area (Å²) in [5, 5.41) is 2.96. The minimum absolute atomic E-state index is 0.223. The molecule has 1 atom stereocenters. The van der Waals surface area contributed by atoms with Crippen LogP contribution in [-0.2, 0) is 0 Å². The monoisotopic (exact) mass is 345 g/mol. The van der Waals surface area contributed by atoms with Gasteiger partial charge in [0.2, 0.25) is 0 Å². The molecule has 0 fully saturated rings. The predicted octanol–water partition coefficient (Wildman–Crippen LogP) is 3.21. The molecule has 6 nitrogen and oxygen atoms in total. The minimum Gasteiger partial charge on any atom is -0.497 e. The summed E-state index contributed by atoms with van der Waals surface area (Å²) in [6.07, 6.45) is 0. The van der Waals surface area contributed by atoms with Crippen molar-refractivity contribution in [2.75, 3.05) is 28.4 Å². The van der Waals surface area contributed by atoms with Gasteiger partial charge in [0.1, 0.15) is 11.5 Å². The van der Waals surface area contributed by atoms with Gasteiger partial charge in [-0.25, -0.2) is 0 Å². The van der Waals surface area contributed by atoms with Crippen molar-refractivity contribution in [1.82, 2.24) is 5.32 Å². The first-order valence-corrected chi connectivity index (χ1v) is 7.78. The van der Waals surface area contributed by atoms with E-state index in [0.717, 1.165) is 5.56 Å². The van der Waals surface area contributed by atoms with E-state index in [9.17, 15) is 4.79 Å². The average Bonchev–Trinajstić information content (AvgIpc) is 2.66. The SMILES string of the molecule is COc1ccc(C(=O)N[C@H](C)c2ccc(OC)c(OC)c2)c(OC)c1. The molecule has 2 aromatic rings. The van der Waals surface area contributed by atoms with Crippen LogP contribution in [0.25, 0.3) is 0 Å². The Morgan fingerprint density at radius 2 is 1.52 bits per heavy atom. The van der Waals surface area contributed by atoms with E-state index in [4.69, 9.17) is 18.9 Å². The second kappa shape index (κ2) is 8.28. The van der Waals surface area contributed by atoms with Crippen molar-refractivity contribution in [1.29, 1.82) is 0 Å². The molecule has 2 rings (SSSR count). The number of amides is 1. The van der Waals surface area contributed by atoms with Gasteiger partial charge < -0.3 is 24.3 Å². The molecule has 0 aromatic heterocycles. The second-order valence-electron chi connectivity index (χ2n) is 5.38. The fourth-order valence-corrected chi connectivity index (χ4v) is 2.47. The molecule has 6 heteroatoms. The fourth-order valence-electron chi connectivity index (χ4n) is 2.47. The Bertz CT molecular complexity index is 745. The highest BCUT2D eigenvalue weighted by molar-refractivity contribution is 5.97. The normalized spacial score (nSPS) is 11.4. The predicted molar refractivity (Wildman–Crippen MR) is 95.0 cm³/mol. The fraction of sp³-hybridized carbons (Fsp3) is 0.316. The van der Waals surface area contributed by atoms with Gasteiger partial charge in [0.15, 0.2) is 11.5 Å². The first-order chi connectivity index (χ1) is 12.0. The number of hydrogen-bond donors (Lipinski definition) is 1. The Hall–Kier alpha value is -2.89. The van der Waals surface area contributed by atoms with Gasteiger partial charge in [0.05, 0.1) is 40.0 Å². The van der Waals surface area contributed by atoms with Crippen molar-refractivity contribution in [3.05, 3.63) is 47.5 Å². The van der Waals surface area contributed by atoms with Gasteiger partial charge >= 0.3 is 0 Å². The lowest BCUT2D eigenvalue weighted by Gasteiger charge is -2.17. The lowest BCUT2D eigenvalue weighted by Crippen LogP contribution is -2.27. The molecule has 0 aliphatic carbocycles. The molecule has 0 saturated carbocycles. The van der Waals surface area contributed by atoms with Crippen molar-refractivity contribution in [2.45, 2.75) is 13.0 Å². The zero-order chi connectivity index (χ0) is 18.4. The maximum absolute atomic E-state index is 12.6. The second-order valence-corrected chi connectivity index (χ2v) is 5.38. The Morgan fingerprint density at radius 1 is 0.840 bits per heavy atom. The van der Waals surface area contributed by atoms with E-state index in [-0.39, 0.29) is 11.9 Å². The number of hydrogen-bond acceptors (Lipinski definition) is 5. The number of rotatable bonds is 7. The van der Waals surface area contributed by atoms with E-state index in [1.165, 1.54) is 7.11 Å². The lowest BCUT2D eigenvalue weighted by molar-refractivity contribution is 0.0936. The van der Waals surface area contributed by atoms with Gasteiger partial charge in [-0.3, -0.25) is 4.79 Å². The summed E-state index contributed by atoms with van der Waals surface area (Å²) < 4.78 is 21.0. The van der Waals surface area contributed by atoms with E-state index < -0.39 is 0 Å². The number of nitrogens with one attached hydrogen (secondary N) is 1. The lowest BCUT2D eigenvalue weighted by atomic mass is 10.1. The standard InChI is InChI=1S/C19H23NO5/c1-12(13-6-9-16(23-3)18(10-13)25-5)20-19(21)15-8-7-14(22-2)11-17(15)24-4/h6-12H,1-5H3,(H,20,21)/t12-/m1/s1. The number of carbonyl (C=O) groups excluding carboxylic acids is 1. The smallest absolute Gasteiger partial charge is 0.255 e. The minimum atomic E-state index is -0.234. The largest absolute Gasteiger partial charge is 0.497 e. The van der Waals surface area contributed by atoms with E-state index >= 15 is 0 Å². The van der Waals surface area contributed by atoms with Crippen molar-refractivity contribution >= 4 is 5.91 Å². The highest BCUT2D eigenvalue weighted by Crippen LogP contribution is 2.30. The van der Waals surface area contributed by atoms with E-state index in [0.29, 0.717) is 28.6 Å². The summed E-state index contributed by atoms with van der Waals surface area (Å²) >= 11 is 0. The molecular weight excluding hydrogens is 322 g/mol. The van der Waals surface area contributed by atoms with Crippen molar-refractivity contribution in [2.24, 2.45) is 0 Å². The Morgan fingerprint density at radius 3 is 2.12 bits per heavy atom. The Kier molecular flexibility index (Phi) is 6.11. The third kappa shape index (κ3) is 4.15. The van der Waals surface area contributed by atoms with Gasteiger partial charge in [-0.2, -0.15) is 0 Å². The first kappa shape index (κ1) is 18.4. The maximum atomic E-state index is 12.6. The number of carbonyl (C=O) groups is 1. The van der Waals surface area contributed by atoms with Crippen LogP contribution in [0.1, 0.15) is 28.9 Å². The molecule has 0 aliphatic rings. The number of methoxy groups -OCH3 is 4. The summed E-state index contributed by atoms with van der Waals surface area (Å²) in [5.41, 5.74) is 1.34. The van der Waals surface area contributed by atoms with Gasteiger partial charge in [-0.1, -0.05) is 6.07 Å². The Labute approximate surface area is 147 Å². The van der Waals surface area contributed by atoms with Crippen LogP contribution < -0.4 is 24.3 Å². The van der Waals surface area contributed by atoms with E-state index in [1.807, 2.05) is 25.1 Å². The summed E-state index contributed by atoms with van der Waals surface area (Å²) in [6.45, 7) is 1.90. The highest BCUT2D eigenvalue weighted by Gasteiger charge is 2.17. The molecule has 0 spiro atoms. The molecule has 1 N–H and O–H groups in total. The quantitative estimate of drug-likeness (QED) is 0.835. The number of benzene rings is 2. The zero-order valence-corrected chi connectivity index (χ0v) is 15.1. The molecule has 0 saturated heterocycles. The van der Waals surface area contributed by atoms with Crippen molar-refractivity contribution < 1.29 is 23.7 Å². The molecule has 2 aromatic carbocycles.